The number of Topliss-reactive ketones (excluding diaryl/α,β-unsaturated/α-hetero) is 1. The number of hydrogen-bond donors (Lipinski definition) is 0. The summed E-state index contributed by atoms with van der Waals surface area (Å²) < 4.78 is 1.98. The van der Waals surface area contributed by atoms with Crippen molar-refractivity contribution in [2.24, 2.45) is 4.99 Å². The molecule has 0 bridgehead atoms. The Balaban J connectivity index is 1.99. The normalized spacial score (nSPS) is 15.2. The Morgan fingerprint density at radius 2 is 1.93 bits per heavy atom. The van der Waals surface area contributed by atoms with Crippen LogP contribution in [0, 0.1) is 11.5 Å². The van der Waals surface area contributed by atoms with E-state index in [-0.39, 0.29) is 11.8 Å². The fourth-order valence-corrected chi connectivity index (χ4v) is 4.04. The number of hydrogen-bond acceptors (Lipinski definition) is 4. The number of ketones is 1. The summed E-state index contributed by atoms with van der Waals surface area (Å²) in [4.78, 5) is 26.1. The number of rotatable bonds is 2. The number of aromatic nitrogens is 3. The summed E-state index contributed by atoms with van der Waals surface area (Å²) in [5, 5.41) is 0. The minimum absolute atomic E-state index is 0.0636. The van der Waals surface area contributed by atoms with Gasteiger partial charge in [0.25, 0.3) is 0 Å². The predicted octanol–water partition coefficient (Wildman–Crippen LogP) is 4.61. The number of carbonyl (C=O) groups is 1. The standard InChI is InChI=1S/C24H24N4OSi/c1-16-24-22(17(2)29)26-15-28(24)21-10-9-18(11-13-30(3,4)5)14-19(21)23(27-16)20-8-6-7-12-25-20/h6-10,12,14-16H,1-5H3/t16-/m0/s1. The van der Waals surface area contributed by atoms with E-state index in [1.807, 2.05) is 41.8 Å². The third kappa shape index (κ3) is 3.76. The molecule has 0 aliphatic carbocycles. The molecule has 0 N–H and O–H groups in total. The Bertz CT molecular complexity index is 1220. The van der Waals surface area contributed by atoms with Crippen LogP contribution in [0.5, 0.6) is 0 Å². The topological polar surface area (TPSA) is 60.1 Å². The summed E-state index contributed by atoms with van der Waals surface area (Å²) in [6.07, 6.45) is 3.48. The highest BCUT2D eigenvalue weighted by molar-refractivity contribution is 6.83. The lowest BCUT2D eigenvalue weighted by Crippen LogP contribution is -2.16. The molecular weight excluding hydrogens is 388 g/mol. The molecule has 0 fully saturated rings. The Labute approximate surface area is 177 Å². The molecule has 3 aromatic rings. The number of benzene rings is 1. The third-order valence-corrected chi connectivity index (χ3v) is 5.73. The molecule has 6 heteroatoms. The molecular formula is C24H24N4OSi. The molecule has 1 aliphatic rings. The highest BCUT2D eigenvalue weighted by atomic mass is 28.3. The first-order chi connectivity index (χ1) is 14.2. The molecule has 30 heavy (non-hydrogen) atoms. The van der Waals surface area contributed by atoms with Crippen molar-refractivity contribution in [3.05, 3.63) is 77.1 Å². The summed E-state index contributed by atoms with van der Waals surface area (Å²) in [5.41, 5.74) is 9.10. The van der Waals surface area contributed by atoms with Crippen molar-refractivity contribution in [3.63, 3.8) is 0 Å². The fraction of sp³-hybridized carbons (Fsp3) is 0.250. The van der Waals surface area contributed by atoms with Crippen molar-refractivity contribution in [1.82, 2.24) is 14.5 Å². The summed E-state index contributed by atoms with van der Waals surface area (Å²) >= 11 is 0. The largest absolute Gasteiger partial charge is 0.300 e. The molecule has 150 valence electrons. The zero-order valence-electron chi connectivity index (χ0n) is 17.9. The number of pyridine rings is 1. The maximum absolute atomic E-state index is 12.2. The van der Waals surface area contributed by atoms with Gasteiger partial charge in [-0.2, -0.15) is 0 Å². The number of fused-ring (bicyclic) bond motifs is 3. The van der Waals surface area contributed by atoms with Crippen LogP contribution in [-0.2, 0) is 0 Å². The van der Waals surface area contributed by atoms with Crippen LogP contribution in [0.25, 0.3) is 5.69 Å². The van der Waals surface area contributed by atoms with Crippen LogP contribution in [0.1, 0.15) is 52.9 Å². The number of aliphatic imine (C=N–C) groups is 1. The Morgan fingerprint density at radius 1 is 1.13 bits per heavy atom. The molecule has 0 radical (unpaired) electrons. The van der Waals surface area contributed by atoms with Crippen LogP contribution < -0.4 is 0 Å². The smallest absolute Gasteiger partial charge is 0.180 e. The Morgan fingerprint density at radius 3 is 2.60 bits per heavy atom. The zero-order valence-corrected chi connectivity index (χ0v) is 18.9. The van der Waals surface area contributed by atoms with Gasteiger partial charge >= 0.3 is 0 Å². The average Bonchev–Trinajstić information content (AvgIpc) is 3.11. The van der Waals surface area contributed by atoms with Crippen LogP contribution in [0.15, 0.2) is 53.9 Å². The molecule has 0 saturated heterocycles. The minimum Gasteiger partial charge on any atom is -0.300 e. The van der Waals surface area contributed by atoms with Crippen LogP contribution >= 0.6 is 0 Å². The SMILES string of the molecule is CC(=O)c1ncn2c1[C@H](C)N=C(c1ccccn1)c1cc(C#C[Si](C)(C)C)ccc1-2. The molecule has 0 spiro atoms. The van der Waals surface area contributed by atoms with Crippen molar-refractivity contribution in [3.8, 4) is 17.2 Å². The van der Waals surface area contributed by atoms with Crippen LogP contribution in [0.2, 0.25) is 19.6 Å². The van der Waals surface area contributed by atoms with Gasteiger partial charge in [0, 0.05) is 24.2 Å². The van der Waals surface area contributed by atoms with Crippen LogP contribution in [0.3, 0.4) is 0 Å². The van der Waals surface area contributed by atoms with E-state index >= 15 is 0 Å². The average molecular weight is 413 g/mol. The molecule has 1 aliphatic heterocycles. The number of nitrogens with zero attached hydrogens (tertiary/aromatic N) is 4. The highest BCUT2D eigenvalue weighted by Gasteiger charge is 2.27. The summed E-state index contributed by atoms with van der Waals surface area (Å²) in [6.45, 7) is 10.2. The molecule has 1 atom stereocenters. The molecule has 0 amide bonds. The van der Waals surface area contributed by atoms with E-state index in [2.05, 4.69) is 47.1 Å². The molecule has 2 aromatic heterocycles. The van der Waals surface area contributed by atoms with Crippen molar-refractivity contribution < 1.29 is 4.79 Å². The van der Waals surface area contributed by atoms with Crippen LogP contribution in [-0.4, -0.2) is 34.1 Å². The monoisotopic (exact) mass is 412 g/mol. The van der Waals surface area contributed by atoms with Gasteiger partial charge in [-0.25, -0.2) is 4.98 Å². The maximum atomic E-state index is 12.2. The van der Waals surface area contributed by atoms with E-state index in [1.54, 1.807) is 19.4 Å². The summed E-state index contributed by atoms with van der Waals surface area (Å²) in [5.74, 6) is 3.28. The summed E-state index contributed by atoms with van der Waals surface area (Å²) in [7, 11) is -1.50. The van der Waals surface area contributed by atoms with Gasteiger partial charge in [0.05, 0.1) is 28.8 Å². The maximum Gasteiger partial charge on any atom is 0.180 e. The van der Waals surface area contributed by atoms with Gasteiger partial charge in [-0.05, 0) is 37.3 Å². The van der Waals surface area contributed by atoms with Crippen LogP contribution in [0.4, 0.5) is 0 Å². The van der Waals surface area contributed by atoms with E-state index in [1.165, 1.54) is 0 Å². The van der Waals surface area contributed by atoms with Crippen molar-refractivity contribution in [2.45, 2.75) is 39.5 Å². The number of imidazole rings is 1. The van der Waals surface area contributed by atoms with Crippen molar-refractivity contribution >= 4 is 19.6 Å². The predicted molar refractivity (Wildman–Crippen MR) is 122 cm³/mol. The Kier molecular flexibility index (Phi) is 5.00. The van der Waals surface area contributed by atoms with Gasteiger partial charge in [-0.1, -0.05) is 31.6 Å². The van der Waals surface area contributed by atoms with Gasteiger partial charge in [-0.15, -0.1) is 5.54 Å². The minimum atomic E-state index is -1.50. The lowest BCUT2D eigenvalue weighted by molar-refractivity contribution is 0.101. The van der Waals surface area contributed by atoms with Gasteiger partial charge in [-0.3, -0.25) is 19.3 Å². The summed E-state index contributed by atoms with van der Waals surface area (Å²) in [6, 6.07) is 11.7. The fourth-order valence-electron chi connectivity index (χ4n) is 3.52. The Hall–Kier alpha value is -3.30. The van der Waals surface area contributed by atoms with Gasteiger partial charge < -0.3 is 0 Å². The number of carbonyl (C=O) groups excluding carboxylic acids is 1. The third-order valence-electron chi connectivity index (χ3n) is 4.86. The lowest BCUT2D eigenvalue weighted by atomic mass is 10.0. The second-order valence-electron chi connectivity index (χ2n) is 8.51. The van der Waals surface area contributed by atoms with Gasteiger partial charge in [0.1, 0.15) is 20.1 Å². The lowest BCUT2D eigenvalue weighted by Gasteiger charge is -2.12. The first-order valence-corrected chi connectivity index (χ1v) is 13.5. The molecule has 0 saturated carbocycles. The molecule has 0 unspecified atom stereocenters. The molecule has 3 heterocycles. The van der Waals surface area contributed by atoms with Gasteiger partial charge in [0.2, 0.25) is 0 Å². The quantitative estimate of drug-likeness (QED) is 0.351. The first-order valence-electron chi connectivity index (χ1n) is 10.00. The van der Waals surface area contributed by atoms with E-state index in [0.717, 1.165) is 33.9 Å². The molecule has 1 aromatic carbocycles. The van der Waals surface area contributed by atoms with E-state index in [9.17, 15) is 4.79 Å². The highest BCUT2D eigenvalue weighted by Crippen LogP contribution is 2.32. The van der Waals surface area contributed by atoms with E-state index < -0.39 is 8.07 Å². The second-order valence-corrected chi connectivity index (χ2v) is 13.3. The molecule has 4 rings (SSSR count). The zero-order chi connectivity index (χ0) is 21.5. The van der Waals surface area contributed by atoms with Gasteiger partial charge in [0.15, 0.2) is 5.78 Å². The molecule has 5 nitrogen and oxygen atoms in total. The van der Waals surface area contributed by atoms with E-state index in [0.29, 0.717) is 5.69 Å². The second kappa shape index (κ2) is 7.51. The van der Waals surface area contributed by atoms with E-state index in [4.69, 9.17) is 4.99 Å². The first kappa shape index (κ1) is 20.0. The van der Waals surface area contributed by atoms with Crippen molar-refractivity contribution in [2.75, 3.05) is 0 Å². The van der Waals surface area contributed by atoms with Crippen molar-refractivity contribution in [1.29, 1.82) is 0 Å².